The van der Waals surface area contributed by atoms with Gasteiger partial charge in [0, 0.05) is 11.6 Å². The lowest BCUT2D eigenvalue weighted by Gasteiger charge is -2.09. The summed E-state index contributed by atoms with van der Waals surface area (Å²) in [6, 6.07) is 1.07. The summed E-state index contributed by atoms with van der Waals surface area (Å²) in [4.78, 5) is 0. The van der Waals surface area contributed by atoms with Crippen molar-refractivity contribution in [1.82, 2.24) is 0 Å². The molecule has 0 spiro atoms. The molecule has 3 N–H and O–H groups in total. The standard InChI is InChI=1S/C8H9F2NO.ClH/c1-4(11)7-5(9)2-3-6(10)8(7)12;/h2-4,12H,11H2,1H3;1H/t4-;/m0./s1. The highest BCUT2D eigenvalue weighted by Gasteiger charge is 2.15. The summed E-state index contributed by atoms with van der Waals surface area (Å²) in [7, 11) is 0. The van der Waals surface area contributed by atoms with Gasteiger partial charge >= 0.3 is 0 Å². The Morgan fingerprint density at radius 1 is 1.31 bits per heavy atom. The summed E-state index contributed by atoms with van der Waals surface area (Å²) in [6.45, 7) is 1.47. The van der Waals surface area contributed by atoms with Gasteiger partial charge in [-0.3, -0.25) is 0 Å². The fraction of sp³-hybridized carbons (Fsp3) is 0.250. The van der Waals surface area contributed by atoms with Crippen LogP contribution in [-0.2, 0) is 0 Å². The molecule has 2 nitrogen and oxygen atoms in total. The van der Waals surface area contributed by atoms with Crippen molar-refractivity contribution in [3.05, 3.63) is 29.3 Å². The van der Waals surface area contributed by atoms with E-state index in [9.17, 15) is 8.78 Å². The maximum Gasteiger partial charge on any atom is 0.165 e. The highest BCUT2D eigenvalue weighted by molar-refractivity contribution is 5.85. The molecule has 0 amide bonds. The fourth-order valence-electron chi connectivity index (χ4n) is 0.990. The van der Waals surface area contributed by atoms with Crippen molar-refractivity contribution in [3.8, 4) is 5.75 Å². The molecule has 1 aromatic carbocycles. The zero-order valence-electron chi connectivity index (χ0n) is 6.92. The van der Waals surface area contributed by atoms with E-state index >= 15 is 0 Å². The van der Waals surface area contributed by atoms with Gasteiger partial charge in [-0.05, 0) is 19.1 Å². The van der Waals surface area contributed by atoms with Crippen molar-refractivity contribution in [1.29, 1.82) is 0 Å². The minimum Gasteiger partial charge on any atom is -0.505 e. The SMILES string of the molecule is C[C@H](N)c1c(F)ccc(F)c1O.Cl. The van der Waals surface area contributed by atoms with Gasteiger partial charge in [0.05, 0.1) is 0 Å². The molecule has 1 atom stereocenters. The average molecular weight is 210 g/mol. The van der Waals surface area contributed by atoms with E-state index in [2.05, 4.69) is 0 Å². The molecule has 0 aliphatic heterocycles. The van der Waals surface area contributed by atoms with Crippen LogP contribution < -0.4 is 5.73 Å². The van der Waals surface area contributed by atoms with Crippen LogP contribution in [0.15, 0.2) is 12.1 Å². The molecule has 0 heterocycles. The molecule has 0 aliphatic rings. The van der Waals surface area contributed by atoms with Crippen LogP contribution in [0.5, 0.6) is 5.75 Å². The van der Waals surface area contributed by atoms with Gasteiger partial charge in [0.15, 0.2) is 11.6 Å². The van der Waals surface area contributed by atoms with Crippen molar-refractivity contribution in [2.24, 2.45) is 5.73 Å². The van der Waals surface area contributed by atoms with Gasteiger partial charge in [-0.25, -0.2) is 8.78 Å². The summed E-state index contributed by atoms with van der Waals surface area (Å²) in [5, 5.41) is 9.05. The first-order valence-corrected chi connectivity index (χ1v) is 3.46. The molecule has 0 fully saturated rings. The normalized spacial score (nSPS) is 12.0. The first kappa shape index (κ1) is 12.1. The molecule has 0 radical (unpaired) electrons. The second-order valence-electron chi connectivity index (χ2n) is 2.58. The summed E-state index contributed by atoms with van der Waals surface area (Å²) >= 11 is 0. The first-order chi connectivity index (χ1) is 5.54. The van der Waals surface area contributed by atoms with E-state index < -0.39 is 23.4 Å². The molecule has 0 aliphatic carbocycles. The highest BCUT2D eigenvalue weighted by Crippen LogP contribution is 2.27. The molecule has 1 aromatic rings. The van der Waals surface area contributed by atoms with E-state index in [-0.39, 0.29) is 18.0 Å². The van der Waals surface area contributed by atoms with Crippen molar-refractivity contribution in [3.63, 3.8) is 0 Å². The number of phenolic OH excluding ortho intramolecular Hbond substituents is 1. The number of hydrogen-bond donors (Lipinski definition) is 2. The van der Waals surface area contributed by atoms with Gasteiger partial charge in [-0.2, -0.15) is 0 Å². The maximum atomic E-state index is 12.9. The lowest BCUT2D eigenvalue weighted by atomic mass is 10.1. The summed E-state index contributed by atoms with van der Waals surface area (Å²) in [5.41, 5.74) is 5.13. The molecule has 1 rings (SSSR count). The molecular formula is C8H10ClF2NO. The fourth-order valence-corrected chi connectivity index (χ4v) is 0.990. The van der Waals surface area contributed by atoms with Crippen LogP contribution in [0.25, 0.3) is 0 Å². The Hall–Kier alpha value is -0.870. The molecule has 74 valence electrons. The van der Waals surface area contributed by atoms with Gasteiger partial charge in [0.25, 0.3) is 0 Å². The Morgan fingerprint density at radius 2 is 1.77 bits per heavy atom. The van der Waals surface area contributed by atoms with Crippen molar-refractivity contribution in [2.45, 2.75) is 13.0 Å². The minimum absolute atomic E-state index is 0. The van der Waals surface area contributed by atoms with Crippen LogP contribution in [0.1, 0.15) is 18.5 Å². The van der Waals surface area contributed by atoms with Crippen molar-refractivity contribution < 1.29 is 13.9 Å². The number of phenols is 1. The number of halogens is 3. The zero-order valence-corrected chi connectivity index (χ0v) is 7.74. The van der Waals surface area contributed by atoms with Gasteiger partial charge in [-0.15, -0.1) is 12.4 Å². The Bertz CT molecular complexity index is 304. The van der Waals surface area contributed by atoms with Crippen LogP contribution in [0.4, 0.5) is 8.78 Å². The van der Waals surface area contributed by atoms with Crippen LogP contribution in [0.2, 0.25) is 0 Å². The number of aromatic hydroxyl groups is 1. The Labute approximate surface area is 80.8 Å². The van der Waals surface area contributed by atoms with E-state index in [0.717, 1.165) is 12.1 Å². The van der Waals surface area contributed by atoms with Crippen LogP contribution in [0.3, 0.4) is 0 Å². The molecule has 0 saturated heterocycles. The second-order valence-corrected chi connectivity index (χ2v) is 2.58. The quantitative estimate of drug-likeness (QED) is 0.744. The average Bonchev–Trinajstić information content (AvgIpc) is 1.97. The molecule has 0 unspecified atom stereocenters. The van der Waals surface area contributed by atoms with Gasteiger partial charge in [-0.1, -0.05) is 0 Å². The minimum atomic E-state index is -0.858. The van der Waals surface area contributed by atoms with E-state index in [0.29, 0.717) is 0 Å². The molecule has 13 heavy (non-hydrogen) atoms. The van der Waals surface area contributed by atoms with Crippen molar-refractivity contribution in [2.75, 3.05) is 0 Å². The van der Waals surface area contributed by atoms with E-state index in [1.165, 1.54) is 6.92 Å². The lowest BCUT2D eigenvalue weighted by Crippen LogP contribution is -2.08. The zero-order chi connectivity index (χ0) is 9.30. The molecule has 5 heteroatoms. The first-order valence-electron chi connectivity index (χ1n) is 3.46. The third-order valence-electron chi connectivity index (χ3n) is 1.57. The highest BCUT2D eigenvalue weighted by atomic mass is 35.5. The number of rotatable bonds is 1. The predicted octanol–water partition coefficient (Wildman–Crippen LogP) is 2.11. The lowest BCUT2D eigenvalue weighted by molar-refractivity contribution is 0.412. The second kappa shape index (κ2) is 4.39. The third kappa shape index (κ3) is 2.29. The summed E-state index contributed by atoms with van der Waals surface area (Å²) in [5.74, 6) is -2.25. The van der Waals surface area contributed by atoms with E-state index in [4.69, 9.17) is 10.8 Å². The topological polar surface area (TPSA) is 46.2 Å². The maximum absolute atomic E-state index is 12.9. The number of nitrogens with two attached hydrogens (primary N) is 1. The van der Waals surface area contributed by atoms with Gasteiger partial charge in [0.1, 0.15) is 5.82 Å². The Balaban J connectivity index is 0.00000144. The smallest absolute Gasteiger partial charge is 0.165 e. The largest absolute Gasteiger partial charge is 0.505 e. The molecule has 0 aromatic heterocycles. The number of hydrogen-bond acceptors (Lipinski definition) is 2. The Morgan fingerprint density at radius 3 is 2.15 bits per heavy atom. The van der Waals surface area contributed by atoms with Gasteiger partial charge < -0.3 is 10.8 Å². The van der Waals surface area contributed by atoms with Crippen LogP contribution in [-0.4, -0.2) is 5.11 Å². The van der Waals surface area contributed by atoms with E-state index in [1.54, 1.807) is 0 Å². The molecule has 0 bridgehead atoms. The predicted molar refractivity (Wildman–Crippen MR) is 47.9 cm³/mol. The number of benzene rings is 1. The van der Waals surface area contributed by atoms with Crippen molar-refractivity contribution >= 4 is 12.4 Å². The molecule has 0 saturated carbocycles. The summed E-state index contributed by atoms with van der Waals surface area (Å²) in [6.07, 6.45) is 0. The van der Waals surface area contributed by atoms with Gasteiger partial charge in [0.2, 0.25) is 0 Å². The van der Waals surface area contributed by atoms with Crippen LogP contribution >= 0.6 is 12.4 Å². The van der Waals surface area contributed by atoms with Crippen LogP contribution in [0, 0.1) is 11.6 Å². The Kier molecular flexibility index (Phi) is 4.10. The summed E-state index contributed by atoms with van der Waals surface area (Å²) < 4.78 is 25.5. The monoisotopic (exact) mass is 209 g/mol. The molecular weight excluding hydrogens is 200 g/mol. The van der Waals surface area contributed by atoms with E-state index in [1.807, 2.05) is 0 Å². The third-order valence-corrected chi connectivity index (χ3v) is 1.57.